The monoisotopic (exact) mass is 184 g/mol. The van der Waals surface area contributed by atoms with Gasteiger partial charge in [0.25, 0.3) is 0 Å². The molecule has 1 heterocycles. The molecule has 1 unspecified atom stereocenters. The SMILES string of the molecule is CCCC1C(C)(C)CCOC1(C)C. The minimum absolute atomic E-state index is 0.0811. The highest BCUT2D eigenvalue weighted by Crippen LogP contribution is 2.45. The Morgan fingerprint density at radius 1 is 1.23 bits per heavy atom. The van der Waals surface area contributed by atoms with Crippen LogP contribution >= 0.6 is 0 Å². The predicted molar refractivity (Wildman–Crippen MR) is 56.8 cm³/mol. The maximum atomic E-state index is 5.87. The summed E-state index contributed by atoms with van der Waals surface area (Å²) in [5.41, 5.74) is 0.537. The van der Waals surface area contributed by atoms with Crippen LogP contribution in [0.25, 0.3) is 0 Å². The van der Waals surface area contributed by atoms with E-state index in [9.17, 15) is 0 Å². The summed E-state index contributed by atoms with van der Waals surface area (Å²) in [6.45, 7) is 12.5. The number of hydrogen-bond acceptors (Lipinski definition) is 1. The molecule has 0 N–H and O–H groups in total. The molecule has 0 bridgehead atoms. The molecule has 1 fully saturated rings. The van der Waals surface area contributed by atoms with Crippen molar-refractivity contribution < 1.29 is 4.74 Å². The van der Waals surface area contributed by atoms with E-state index in [-0.39, 0.29) is 5.60 Å². The van der Waals surface area contributed by atoms with Gasteiger partial charge >= 0.3 is 0 Å². The van der Waals surface area contributed by atoms with E-state index < -0.39 is 0 Å². The van der Waals surface area contributed by atoms with Gasteiger partial charge < -0.3 is 4.74 Å². The van der Waals surface area contributed by atoms with E-state index in [1.807, 2.05) is 0 Å². The Kier molecular flexibility index (Phi) is 3.06. The van der Waals surface area contributed by atoms with Crippen LogP contribution in [0, 0.1) is 11.3 Å². The number of rotatable bonds is 2. The standard InChI is InChI=1S/C12H24O/c1-6-7-10-11(2,3)8-9-13-12(10,4)5/h10H,6-9H2,1-5H3. The lowest BCUT2D eigenvalue weighted by atomic mass is 9.65. The zero-order valence-corrected chi connectivity index (χ0v) is 9.81. The van der Waals surface area contributed by atoms with E-state index in [1.165, 1.54) is 19.3 Å². The highest BCUT2D eigenvalue weighted by Gasteiger charge is 2.43. The summed E-state index contributed by atoms with van der Waals surface area (Å²) in [7, 11) is 0. The molecule has 0 aromatic heterocycles. The van der Waals surface area contributed by atoms with Gasteiger partial charge in [0.05, 0.1) is 5.60 Å². The van der Waals surface area contributed by atoms with E-state index >= 15 is 0 Å². The summed E-state index contributed by atoms with van der Waals surface area (Å²) in [5.74, 6) is 0.707. The first-order valence-electron chi connectivity index (χ1n) is 5.54. The maximum absolute atomic E-state index is 5.87. The average molecular weight is 184 g/mol. The Hall–Kier alpha value is -0.0400. The first-order valence-corrected chi connectivity index (χ1v) is 5.54. The van der Waals surface area contributed by atoms with Crippen molar-refractivity contribution >= 4 is 0 Å². The zero-order chi connectivity index (χ0) is 10.1. The van der Waals surface area contributed by atoms with Crippen molar-refractivity contribution in [3.05, 3.63) is 0 Å². The zero-order valence-electron chi connectivity index (χ0n) is 9.81. The van der Waals surface area contributed by atoms with Crippen molar-refractivity contribution in [3.8, 4) is 0 Å². The molecule has 1 aliphatic heterocycles. The molecule has 1 saturated heterocycles. The molecule has 1 heteroatoms. The third-order valence-corrected chi connectivity index (χ3v) is 3.58. The van der Waals surface area contributed by atoms with Crippen LogP contribution in [-0.4, -0.2) is 12.2 Å². The van der Waals surface area contributed by atoms with Crippen LogP contribution in [0.3, 0.4) is 0 Å². The van der Waals surface area contributed by atoms with Crippen molar-refractivity contribution in [1.29, 1.82) is 0 Å². The van der Waals surface area contributed by atoms with Crippen molar-refractivity contribution in [1.82, 2.24) is 0 Å². The number of ether oxygens (including phenoxy) is 1. The largest absolute Gasteiger partial charge is 0.375 e. The van der Waals surface area contributed by atoms with E-state index in [1.54, 1.807) is 0 Å². The van der Waals surface area contributed by atoms with Gasteiger partial charge in [-0.1, -0.05) is 27.2 Å². The summed E-state index contributed by atoms with van der Waals surface area (Å²) in [6, 6.07) is 0. The van der Waals surface area contributed by atoms with Gasteiger partial charge in [-0.3, -0.25) is 0 Å². The fraction of sp³-hybridized carbons (Fsp3) is 1.00. The van der Waals surface area contributed by atoms with Crippen LogP contribution in [0.4, 0.5) is 0 Å². The molecule has 0 radical (unpaired) electrons. The molecule has 1 nitrogen and oxygen atoms in total. The minimum atomic E-state index is 0.0811. The summed E-state index contributed by atoms with van der Waals surface area (Å²) in [4.78, 5) is 0. The lowest BCUT2D eigenvalue weighted by Crippen LogP contribution is -2.48. The van der Waals surface area contributed by atoms with Crippen LogP contribution in [0.2, 0.25) is 0 Å². The summed E-state index contributed by atoms with van der Waals surface area (Å²) < 4.78 is 5.87. The minimum Gasteiger partial charge on any atom is -0.375 e. The molecule has 1 atom stereocenters. The molecular weight excluding hydrogens is 160 g/mol. The van der Waals surface area contributed by atoms with Gasteiger partial charge in [-0.25, -0.2) is 0 Å². The topological polar surface area (TPSA) is 9.23 Å². The summed E-state index contributed by atoms with van der Waals surface area (Å²) in [6.07, 6.45) is 3.77. The van der Waals surface area contributed by atoms with E-state index in [0.717, 1.165) is 6.61 Å². The van der Waals surface area contributed by atoms with Gasteiger partial charge in [0.2, 0.25) is 0 Å². The Morgan fingerprint density at radius 2 is 1.85 bits per heavy atom. The fourth-order valence-corrected chi connectivity index (χ4v) is 2.82. The summed E-state index contributed by atoms with van der Waals surface area (Å²) in [5, 5.41) is 0. The molecule has 1 aliphatic rings. The predicted octanol–water partition coefficient (Wildman–Crippen LogP) is 3.63. The molecule has 78 valence electrons. The fourth-order valence-electron chi connectivity index (χ4n) is 2.82. The van der Waals surface area contributed by atoms with Crippen molar-refractivity contribution in [2.45, 2.75) is 59.5 Å². The van der Waals surface area contributed by atoms with E-state index in [0.29, 0.717) is 11.3 Å². The lowest BCUT2D eigenvalue weighted by Gasteiger charge is -2.49. The molecule has 0 saturated carbocycles. The van der Waals surface area contributed by atoms with E-state index in [4.69, 9.17) is 4.74 Å². The van der Waals surface area contributed by atoms with Crippen LogP contribution < -0.4 is 0 Å². The van der Waals surface area contributed by atoms with Crippen LogP contribution in [0.1, 0.15) is 53.9 Å². The second-order valence-electron chi connectivity index (χ2n) is 5.53. The maximum Gasteiger partial charge on any atom is 0.0659 e. The molecule has 0 aromatic rings. The smallest absolute Gasteiger partial charge is 0.0659 e. The van der Waals surface area contributed by atoms with Crippen molar-refractivity contribution in [3.63, 3.8) is 0 Å². The summed E-state index contributed by atoms with van der Waals surface area (Å²) >= 11 is 0. The molecule has 0 aromatic carbocycles. The number of hydrogen-bond donors (Lipinski definition) is 0. The molecular formula is C12H24O. The molecule has 0 spiro atoms. The van der Waals surface area contributed by atoms with Gasteiger partial charge in [-0.15, -0.1) is 0 Å². The molecule has 1 rings (SSSR count). The quantitative estimate of drug-likeness (QED) is 0.637. The first-order chi connectivity index (χ1) is 5.90. The third kappa shape index (κ3) is 2.25. The average Bonchev–Trinajstić information content (AvgIpc) is 1.96. The Morgan fingerprint density at radius 3 is 2.31 bits per heavy atom. The third-order valence-electron chi connectivity index (χ3n) is 3.58. The van der Waals surface area contributed by atoms with Crippen molar-refractivity contribution in [2.24, 2.45) is 11.3 Å². The highest BCUT2D eigenvalue weighted by molar-refractivity contribution is 4.93. The van der Waals surface area contributed by atoms with Gasteiger partial charge in [0.15, 0.2) is 0 Å². The van der Waals surface area contributed by atoms with Gasteiger partial charge in [0.1, 0.15) is 0 Å². The molecule has 0 amide bonds. The van der Waals surface area contributed by atoms with Gasteiger partial charge in [-0.05, 0) is 38.0 Å². The Bertz CT molecular complexity index is 154. The molecule has 13 heavy (non-hydrogen) atoms. The van der Waals surface area contributed by atoms with Crippen LogP contribution in [0.15, 0.2) is 0 Å². The van der Waals surface area contributed by atoms with Crippen LogP contribution in [0.5, 0.6) is 0 Å². The first kappa shape index (κ1) is 11.0. The van der Waals surface area contributed by atoms with Gasteiger partial charge in [-0.2, -0.15) is 0 Å². The normalized spacial score (nSPS) is 31.6. The lowest BCUT2D eigenvalue weighted by molar-refractivity contribution is -0.148. The second kappa shape index (κ2) is 3.61. The van der Waals surface area contributed by atoms with Gasteiger partial charge in [0, 0.05) is 6.61 Å². The second-order valence-corrected chi connectivity index (χ2v) is 5.53. The van der Waals surface area contributed by atoms with E-state index in [2.05, 4.69) is 34.6 Å². The highest BCUT2D eigenvalue weighted by atomic mass is 16.5. The Balaban J connectivity index is 2.78. The van der Waals surface area contributed by atoms with Crippen molar-refractivity contribution in [2.75, 3.05) is 6.61 Å². The molecule has 0 aliphatic carbocycles. The Labute approximate surface area is 82.9 Å². The van der Waals surface area contributed by atoms with Crippen LogP contribution in [-0.2, 0) is 4.74 Å².